The molecule has 2 unspecified atom stereocenters. The summed E-state index contributed by atoms with van der Waals surface area (Å²) >= 11 is 0. The number of aliphatic hydroxyl groups is 2. The second-order valence-corrected chi connectivity index (χ2v) is 21.1. The highest BCUT2D eigenvalue weighted by Gasteiger charge is 2.18. The van der Waals surface area contributed by atoms with E-state index >= 15 is 0 Å². The molecular formula is C66H121NO3. The Morgan fingerprint density at radius 1 is 0.343 bits per heavy atom. The molecule has 4 heteroatoms. The molecule has 0 aromatic rings. The molecule has 0 aliphatic carbocycles. The number of nitrogens with one attached hydrogen (secondary N) is 1. The van der Waals surface area contributed by atoms with Gasteiger partial charge in [0, 0.05) is 6.42 Å². The Morgan fingerprint density at radius 2 is 0.600 bits per heavy atom. The lowest BCUT2D eigenvalue weighted by molar-refractivity contribution is -0.123. The van der Waals surface area contributed by atoms with E-state index in [9.17, 15) is 15.0 Å². The van der Waals surface area contributed by atoms with Gasteiger partial charge in [-0.25, -0.2) is 0 Å². The van der Waals surface area contributed by atoms with Crippen LogP contribution in [0.3, 0.4) is 0 Å². The number of carbonyl (C=O) groups is 1. The fourth-order valence-electron chi connectivity index (χ4n) is 9.40. The standard InChI is InChI=1S/C66H121NO3/c1-3-5-7-9-11-13-15-17-19-21-23-25-27-28-29-30-31-32-33-34-35-36-37-38-40-42-44-46-48-50-52-54-56-58-60-62-66(70)67-64(63-68)65(69)61-59-57-55-53-51-49-47-45-43-41-39-26-24-22-20-18-16-14-12-10-8-6-4-2/h15,17,21,23,27-28,43,45,51,53,59,61,64-65,68-69H,3-14,16,18-20,22,24-26,29-42,44,46-50,52,54-58,60,62-63H2,1-2H3,(H,67,70)/b17-15-,23-21-,28-27-,45-43+,53-51+,61-59+. The quantitative estimate of drug-likeness (QED) is 0.0420. The first-order valence-corrected chi connectivity index (χ1v) is 31.2. The van der Waals surface area contributed by atoms with Crippen LogP contribution in [0.1, 0.15) is 322 Å². The fourth-order valence-corrected chi connectivity index (χ4v) is 9.40. The maximum atomic E-state index is 12.5. The number of hydrogen-bond donors (Lipinski definition) is 3. The molecule has 0 aliphatic heterocycles. The zero-order valence-electron chi connectivity index (χ0n) is 47.0. The van der Waals surface area contributed by atoms with Gasteiger partial charge in [0.15, 0.2) is 0 Å². The van der Waals surface area contributed by atoms with E-state index in [-0.39, 0.29) is 12.5 Å². The Labute approximate surface area is 438 Å². The summed E-state index contributed by atoms with van der Waals surface area (Å²) in [5.74, 6) is -0.0746. The molecule has 70 heavy (non-hydrogen) atoms. The molecule has 0 aromatic heterocycles. The van der Waals surface area contributed by atoms with E-state index in [1.807, 2.05) is 6.08 Å². The fraction of sp³-hybridized carbons (Fsp3) is 0.803. The van der Waals surface area contributed by atoms with Gasteiger partial charge >= 0.3 is 0 Å². The van der Waals surface area contributed by atoms with Gasteiger partial charge in [0.1, 0.15) is 0 Å². The van der Waals surface area contributed by atoms with Gasteiger partial charge in [-0.2, -0.15) is 0 Å². The predicted octanol–water partition coefficient (Wildman–Crippen LogP) is 20.9. The van der Waals surface area contributed by atoms with Gasteiger partial charge in [-0.1, -0.05) is 305 Å². The molecule has 0 saturated carbocycles. The summed E-state index contributed by atoms with van der Waals surface area (Å²) in [7, 11) is 0. The second-order valence-electron chi connectivity index (χ2n) is 21.1. The minimum atomic E-state index is -0.873. The summed E-state index contributed by atoms with van der Waals surface area (Å²) < 4.78 is 0. The third kappa shape index (κ3) is 56.7. The van der Waals surface area contributed by atoms with Crippen LogP contribution in [-0.4, -0.2) is 34.9 Å². The van der Waals surface area contributed by atoms with Crippen LogP contribution in [0, 0.1) is 0 Å². The Kier molecular flexibility index (Phi) is 59.2. The molecule has 0 heterocycles. The molecule has 0 fully saturated rings. The summed E-state index contributed by atoms with van der Waals surface area (Å²) in [4.78, 5) is 12.5. The molecule has 0 aromatic carbocycles. The first-order chi connectivity index (χ1) is 34.7. The van der Waals surface area contributed by atoms with Crippen LogP contribution in [0.25, 0.3) is 0 Å². The van der Waals surface area contributed by atoms with Gasteiger partial charge in [0.05, 0.1) is 18.8 Å². The number of amides is 1. The van der Waals surface area contributed by atoms with Crippen molar-refractivity contribution in [2.45, 2.75) is 334 Å². The maximum Gasteiger partial charge on any atom is 0.220 e. The average molecular weight is 977 g/mol. The van der Waals surface area contributed by atoms with E-state index in [1.54, 1.807) is 6.08 Å². The molecule has 0 radical (unpaired) electrons. The van der Waals surface area contributed by atoms with Crippen molar-refractivity contribution in [3.8, 4) is 0 Å². The van der Waals surface area contributed by atoms with E-state index in [4.69, 9.17) is 0 Å². The highest BCUT2D eigenvalue weighted by Crippen LogP contribution is 2.17. The first-order valence-electron chi connectivity index (χ1n) is 31.2. The Balaban J connectivity index is 3.51. The van der Waals surface area contributed by atoms with Gasteiger partial charge in [0.2, 0.25) is 5.91 Å². The summed E-state index contributed by atoms with van der Waals surface area (Å²) in [5, 5.41) is 23.2. The Hall–Kier alpha value is -2.17. The van der Waals surface area contributed by atoms with Crippen molar-refractivity contribution in [2.24, 2.45) is 0 Å². The molecule has 2 atom stereocenters. The van der Waals surface area contributed by atoms with Crippen molar-refractivity contribution in [3.05, 3.63) is 72.9 Å². The van der Waals surface area contributed by atoms with Gasteiger partial charge in [0.25, 0.3) is 0 Å². The monoisotopic (exact) mass is 976 g/mol. The van der Waals surface area contributed by atoms with Gasteiger partial charge in [-0.15, -0.1) is 0 Å². The van der Waals surface area contributed by atoms with Crippen LogP contribution in [0.4, 0.5) is 0 Å². The summed E-state index contributed by atoms with van der Waals surface area (Å²) in [6.45, 7) is 4.31. The number of carbonyl (C=O) groups excluding carboxylic acids is 1. The largest absolute Gasteiger partial charge is 0.394 e. The lowest BCUT2D eigenvalue weighted by atomic mass is 10.0. The normalized spacial score (nSPS) is 13.3. The van der Waals surface area contributed by atoms with Crippen molar-refractivity contribution in [2.75, 3.05) is 6.61 Å². The average Bonchev–Trinajstić information content (AvgIpc) is 3.36. The molecule has 4 nitrogen and oxygen atoms in total. The van der Waals surface area contributed by atoms with Crippen LogP contribution < -0.4 is 5.32 Å². The number of aliphatic hydroxyl groups excluding tert-OH is 2. The van der Waals surface area contributed by atoms with Crippen LogP contribution in [-0.2, 0) is 4.79 Å². The lowest BCUT2D eigenvalue weighted by Crippen LogP contribution is -2.45. The topological polar surface area (TPSA) is 69.6 Å². The van der Waals surface area contributed by atoms with E-state index in [0.717, 1.165) is 51.4 Å². The molecule has 3 N–H and O–H groups in total. The van der Waals surface area contributed by atoms with Crippen molar-refractivity contribution < 1.29 is 15.0 Å². The molecular weight excluding hydrogens is 855 g/mol. The van der Waals surface area contributed by atoms with Crippen molar-refractivity contribution >= 4 is 5.91 Å². The number of allylic oxidation sites excluding steroid dienone is 11. The van der Waals surface area contributed by atoms with Crippen molar-refractivity contribution in [1.82, 2.24) is 5.32 Å². The lowest BCUT2D eigenvalue weighted by Gasteiger charge is -2.19. The van der Waals surface area contributed by atoms with Gasteiger partial charge < -0.3 is 15.5 Å². The van der Waals surface area contributed by atoms with E-state index in [2.05, 4.69) is 79.9 Å². The molecule has 0 aliphatic rings. The predicted molar refractivity (Wildman–Crippen MR) is 313 cm³/mol. The number of unbranched alkanes of at least 4 members (excludes halogenated alkanes) is 40. The number of rotatable bonds is 57. The SMILES string of the molecule is CCCCCCC/C=C\C/C=C\C/C=C\CCCCCCCCCCCCCCCCCCCCCCC(=O)NC(CO)C(O)/C=C/CC/C=C/CC/C=C/CCCCCCCCCCCCCCC. The zero-order chi connectivity index (χ0) is 50.6. The highest BCUT2D eigenvalue weighted by atomic mass is 16.3. The molecule has 0 bridgehead atoms. The molecule has 408 valence electrons. The van der Waals surface area contributed by atoms with Crippen LogP contribution in [0.15, 0.2) is 72.9 Å². The molecule has 1 amide bonds. The maximum absolute atomic E-state index is 12.5. The highest BCUT2D eigenvalue weighted by molar-refractivity contribution is 5.76. The van der Waals surface area contributed by atoms with Crippen molar-refractivity contribution in [1.29, 1.82) is 0 Å². The second kappa shape index (κ2) is 61.1. The third-order valence-corrected chi connectivity index (χ3v) is 14.1. The van der Waals surface area contributed by atoms with Gasteiger partial charge in [-0.3, -0.25) is 4.79 Å². The Bertz CT molecular complexity index is 1200. The first kappa shape index (κ1) is 67.8. The smallest absolute Gasteiger partial charge is 0.220 e. The van der Waals surface area contributed by atoms with E-state index in [0.29, 0.717) is 6.42 Å². The third-order valence-electron chi connectivity index (χ3n) is 14.1. The summed E-state index contributed by atoms with van der Waals surface area (Å²) in [6, 6.07) is -0.648. The van der Waals surface area contributed by atoms with Crippen molar-refractivity contribution in [3.63, 3.8) is 0 Å². The summed E-state index contributed by atoms with van der Waals surface area (Å²) in [5.41, 5.74) is 0. The van der Waals surface area contributed by atoms with E-state index in [1.165, 1.54) is 250 Å². The molecule has 0 saturated heterocycles. The Morgan fingerprint density at radius 3 is 0.929 bits per heavy atom. The van der Waals surface area contributed by atoms with Gasteiger partial charge in [-0.05, 0) is 83.5 Å². The minimum Gasteiger partial charge on any atom is -0.394 e. The number of hydrogen-bond acceptors (Lipinski definition) is 3. The van der Waals surface area contributed by atoms with Crippen LogP contribution >= 0.6 is 0 Å². The summed E-state index contributed by atoms with van der Waals surface area (Å²) in [6.07, 6.45) is 88.1. The molecule has 0 spiro atoms. The van der Waals surface area contributed by atoms with Crippen LogP contribution in [0.5, 0.6) is 0 Å². The minimum absolute atomic E-state index is 0.0746. The van der Waals surface area contributed by atoms with Crippen LogP contribution in [0.2, 0.25) is 0 Å². The zero-order valence-corrected chi connectivity index (χ0v) is 47.0. The molecule has 0 rings (SSSR count). The van der Waals surface area contributed by atoms with E-state index < -0.39 is 12.1 Å².